The molecule has 6 nitrogen and oxygen atoms in total. The fraction of sp³-hybridized carbons (Fsp3) is 0. The summed E-state index contributed by atoms with van der Waals surface area (Å²) < 4.78 is 27.2. The summed E-state index contributed by atoms with van der Waals surface area (Å²) in [7, 11) is 0. The Balaban J connectivity index is 0.0000000953. The molecule has 0 unspecified atom stereocenters. The summed E-state index contributed by atoms with van der Waals surface area (Å²) in [5.74, 6) is 0. The molecule has 3 aliphatic rings. The van der Waals surface area contributed by atoms with Gasteiger partial charge in [-0.05, 0) is 251 Å². The zero-order chi connectivity index (χ0) is 85.8. The molecule has 0 saturated carbocycles. The van der Waals surface area contributed by atoms with Crippen LogP contribution in [0.25, 0.3) is 302 Å². The number of rotatable bonds is 5. The maximum absolute atomic E-state index is 6.65. The van der Waals surface area contributed by atoms with E-state index in [-0.39, 0.29) is 0 Å². The van der Waals surface area contributed by atoms with Gasteiger partial charge in [0.05, 0.1) is 54.9 Å². The van der Waals surface area contributed by atoms with Crippen molar-refractivity contribution in [1.29, 1.82) is 0 Å². The normalized spacial score (nSPS) is 12.4. The summed E-state index contributed by atoms with van der Waals surface area (Å²) in [6, 6.07) is 157. The van der Waals surface area contributed by atoms with E-state index in [1.807, 2.05) is 18.2 Å². The van der Waals surface area contributed by atoms with Crippen molar-refractivity contribution in [2.75, 3.05) is 0 Å². The fourth-order valence-corrected chi connectivity index (χ4v) is 23.7. The van der Waals surface area contributed by atoms with E-state index in [1.54, 1.807) is 0 Å². The van der Waals surface area contributed by atoms with Crippen LogP contribution in [0.15, 0.2) is 444 Å². The molecule has 6 heterocycles. The maximum Gasteiger partial charge on any atom is 0.145 e. The van der Waals surface area contributed by atoms with E-state index in [4.69, 9.17) is 13.3 Å². The number of hydrogen-bond acceptors (Lipinski definition) is 3. The van der Waals surface area contributed by atoms with Gasteiger partial charge in [-0.25, -0.2) is 0 Å². The van der Waals surface area contributed by atoms with Crippen LogP contribution in [-0.4, -0.2) is 13.7 Å². The molecule has 0 saturated heterocycles. The highest BCUT2D eigenvalue weighted by Gasteiger charge is 2.31. The molecule has 0 fully saturated rings. The molecule has 29 aromatic rings. The Morgan fingerprint density at radius 2 is 0.439 bits per heavy atom. The quantitative estimate of drug-likeness (QED) is 0.173. The van der Waals surface area contributed by atoms with Crippen LogP contribution in [0.4, 0.5) is 0 Å². The van der Waals surface area contributed by atoms with Crippen molar-refractivity contribution in [3.63, 3.8) is 0 Å². The van der Waals surface area contributed by atoms with Crippen LogP contribution in [0.5, 0.6) is 0 Å². The van der Waals surface area contributed by atoms with Gasteiger partial charge in [0.2, 0.25) is 0 Å². The van der Waals surface area contributed by atoms with E-state index in [9.17, 15) is 0 Å². The molecule has 3 aliphatic carbocycles. The number of para-hydroxylation sites is 3. The number of furan rings is 3. The predicted molar refractivity (Wildman–Crippen MR) is 553 cm³/mol. The van der Waals surface area contributed by atoms with E-state index in [2.05, 4.69) is 426 Å². The molecular weight excluding hydrogens is 1600 g/mol. The second-order valence-electron chi connectivity index (χ2n) is 35.7. The third-order valence-electron chi connectivity index (χ3n) is 29.2. The van der Waals surface area contributed by atoms with Crippen molar-refractivity contribution < 1.29 is 13.3 Å². The molecular formula is C126H71N3O3. The first-order valence-electron chi connectivity index (χ1n) is 45.5. The van der Waals surface area contributed by atoms with Crippen LogP contribution < -0.4 is 0 Å². The Labute approximate surface area is 754 Å². The molecule has 132 heavy (non-hydrogen) atoms. The smallest absolute Gasteiger partial charge is 0.145 e. The third kappa shape index (κ3) is 9.85. The van der Waals surface area contributed by atoms with Crippen LogP contribution in [0, 0.1) is 0 Å². The molecule has 0 amide bonds. The Bertz CT molecular complexity index is 10100. The standard InChI is InChI=1S/2C44H25NO.C38H21NO/c1-2-12-30-26(9-1)19-23-38-42(30)43-39(24-22-37-33-15-5-6-18-40(33)46-44(37)43)45(38)28-11-7-10-27(25-28)29-20-21-36-32-14-4-3-13-31(32)35-17-8-16-34(29)41(35)36;1-2-9-30-26(8-1)18-24-38-42(30)43-39(25-23-37-33-12-5-6-15-40(33)46-44(37)43)45(38)28-19-16-27(17-20-28)29-21-22-36-32-11-4-3-10-31(32)35-14-7-13-34(29)41(35)36;1-2-9-23-22(8-1)16-19-32-36(23)37-33(21-18-29-26-12-5-6-15-34(26)40-38(29)37)39(32)31-20-17-28-25-11-4-3-10-24(25)27-13-7-14-30(31)35(27)28/h2*1-25H;1-21H. The molecule has 608 valence electrons. The van der Waals surface area contributed by atoms with Crippen molar-refractivity contribution in [3.05, 3.63) is 431 Å². The number of aromatic nitrogens is 3. The van der Waals surface area contributed by atoms with Gasteiger partial charge in [-0.15, -0.1) is 0 Å². The van der Waals surface area contributed by atoms with Gasteiger partial charge in [0.1, 0.15) is 33.5 Å². The number of fused-ring (bicyclic) bond motifs is 36. The second-order valence-corrected chi connectivity index (χ2v) is 35.7. The van der Waals surface area contributed by atoms with Crippen molar-refractivity contribution in [1.82, 2.24) is 13.7 Å². The number of benzene rings is 23. The molecule has 0 spiro atoms. The Morgan fingerprint density at radius 3 is 0.871 bits per heavy atom. The summed E-state index contributed by atoms with van der Waals surface area (Å²) in [4.78, 5) is 0. The lowest BCUT2D eigenvalue weighted by Gasteiger charge is -2.13. The highest BCUT2D eigenvalue weighted by molar-refractivity contribution is 6.34. The first kappa shape index (κ1) is 71.6. The average molecular weight is 1670 g/mol. The maximum atomic E-state index is 6.65. The first-order chi connectivity index (χ1) is 65.5. The monoisotopic (exact) mass is 1670 g/mol. The lowest BCUT2D eigenvalue weighted by atomic mass is 9.94. The minimum absolute atomic E-state index is 0.919. The van der Waals surface area contributed by atoms with Gasteiger partial charge < -0.3 is 27.0 Å². The summed E-state index contributed by atoms with van der Waals surface area (Å²) in [6.07, 6.45) is 0. The van der Waals surface area contributed by atoms with Gasteiger partial charge in [-0.1, -0.05) is 328 Å². The molecule has 0 aliphatic heterocycles. The molecule has 32 rings (SSSR count). The summed E-state index contributed by atoms with van der Waals surface area (Å²) in [5.41, 5.74) is 36.9. The molecule has 0 atom stereocenters. The van der Waals surface area contributed by atoms with E-state index < -0.39 is 0 Å². The molecule has 0 bridgehead atoms. The SMILES string of the molecule is c1cc(-c2ccc3c4c(cccc24)-c2ccccc2-3)cc(-n2c3ccc4ccccc4c3c3c4oc5ccccc5c4ccc32)c1.c1ccc2c(c1)-c1cccc3c(-c4ccc(-n5c6ccc7ccccc7c6c6c7oc8ccccc8c7ccc65)cc4)ccc-2c13.c1ccc2c(c1)-c1cccc3c(-n4c5ccc6ccccc6c5c5c6oc7ccccc7c6ccc54)ccc-2c13. The molecule has 0 radical (unpaired) electrons. The van der Waals surface area contributed by atoms with Crippen molar-refractivity contribution in [3.8, 4) is 106 Å². The van der Waals surface area contributed by atoms with Gasteiger partial charge >= 0.3 is 0 Å². The van der Waals surface area contributed by atoms with Gasteiger partial charge in [0, 0.05) is 65.2 Å². The first-order valence-corrected chi connectivity index (χ1v) is 45.5. The average Bonchev–Trinajstić information content (AvgIpc) is 1.53. The predicted octanol–water partition coefficient (Wildman–Crippen LogP) is 35.2. The van der Waals surface area contributed by atoms with Gasteiger partial charge in [-0.3, -0.25) is 0 Å². The molecule has 6 heteroatoms. The summed E-state index contributed by atoms with van der Waals surface area (Å²) >= 11 is 0. The van der Waals surface area contributed by atoms with E-state index in [0.717, 1.165) is 105 Å². The highest BCUT2D eigenvalue weighted by Crippen LogP contribution is 2.56. The van der Waals surface area contributed by atoms with E-state index in [0.29, 0.717) is 0 Å². The Kier molecular flexibility index (Phi) is 14.6. The number of hydrogen-bond donors (Lipinski definition) is 0. The van der Waals surface area contributed by atoms with Gasteiger partial charge in [0.15, 0.2) is 0 Å². The number of nitrogens with zero attached hydrogens (tertiary/aromatic N) is 3. The lowest BCUT2D eigenvalue weighted by molar-refractivity contribution is 0.672. The van der Waals surface area contributed by atoms with E-state index in [1.165, 1.54) is 197 Å². The Morgan fingerprint density at radius 1 is 0.144 bits per heavy atom. The molecule has 6 aromatic heterocycles. The largest absolute Gasteiger partial charge is 0.455 e. The zero-order valence-corrected chi connectivity index (χ0v) is 71.1. The molecule has 0 N–H and O–H groups in total. The van der Waals surface area contributed by atoms with Gasteiger partial charge in [0.25, 0.3) is 0 Å². The van der Waals surface area contributed by atoms with Crippen LogP contribution in [-0.2, 0) is 0 Å². The van der Waals surface area contributed by atoms with Crippen molar-refractivity contribution in [2.45, 2.75) is 0 Å². The lowest BCUT2D eigenvalue weighted by Crippen LogP contribution is -1.95. The summed E-state index contributed by atoms with van der Waals surface area (Å²) in [5, 5.41) is 29.4. The third-order valence-corrected chi connectivity index (χ3v) is 29.2. The topological polar surface area (TPSA) is 54.2 Å². The van der Waals surface area contributed by atoms with Crippen LogP contribution in [0.3, 0.4) is 0 Å². The van der Waals surface area contributed by atoms with Crippen molar-refractivity contribution in [2.24, 2.45) is 0 Å². The highest BCUT2D eigenvalue weighted by atomic mass is 16.3. The van der Waals surface area contributed by atoms with Crippen molar-refractivity contribution >= 4 is 196 Å². The Hall–Kier alpha value is -17.6. The van der Waals surface area contributed by atoms with Crippen LogP contribution in [0.2, 0.25) is 0 Å². The fourth-order valence-electron chi connectivity index (χ4n) is 23.7. The molecule has 23 aromatic carbocycles. The minimum Gasteiger partial charge on any atom is -0.455 e. The second kappa shape index (κ2) is 27.0. The van der Waals surface area contributed by atoms with E-state index >= 15 is 0 Å². The summed E-state index contributed by atoms with van der Waals surface area (Å²) in [6.45, 7) is 0. The van der Waals surface area contributed by atoms with Crippen LogP contribution in [0.1, 0.15) is 0 Å². The van der Waals surface area contributed by atoms with Crippen LogP contribution >= 0.6 is 0 Å². The zero-order valence-electron chi connectivity index (χ0n) is 71.1. The minimum atomic E-state index is 0.919. The van der Waals surface area contributed by atoms with Gasteiger partial charge in [-0.2, -0.15) is 0 Å².